The van der Waals surface area contributed by atoms with E-state index in [0.29, 0.717) is 18.2 Å². The van der Waals surface area contributed by atoms with Gasteiger partial charge in [0.2, 0.25) is 5.91 Å². The number of hydrogen-bond donors (Lipinski definition) is 1. The number of aryl methyl sites for hydroxylation is 1. The molecule has 1 unspecified atom stereocenters. The van der Waals surface area contributed by atoms with Crippen LogP contribution < -0.4 is 14.8 Å². The summed E-state index contributed by atoms with van der Waals surface area (Å²) < 4.78 is 10.9. The highest BCUT2D eigenvalue weighted by atomic mass is 32.1. The predicted molar refractivity (Wildman–Crippen MR) is 107 cm³/mol. The number of para-hydroxylation sites is 1. The number of thiazole rings is 1. The van der Waals surface area contributed by atoms with Crippen LogP contribution in [0.15, 0.2) is 48.5 Å². The van der Waals surface area contributed by atoms with Gasteiger partial charge in [-0.2, -0.15) is 0 Å². The van der Waals surface area contributed by atoms with Gasteiger partial charge >= 0.3 is 0 Å². The number of benzene rings is 2. The Hall–Kier alpha value is -2.86. The topological polar surface area (TPSA) is 60.5 Å². The van der Waals surface area contributed by atoms with Crippen molar-refractivity contribution in [1.29, 1.82) is 0 Å². The molecule has 1 aromatic heterocycles. The zero-order valence-corrected chi connectivity index (χ0v) is 16.0. The largest absolute Gasteiger partial charge is 0.497 e. The molecule has 1 N–H and O–H groups in total. The van der Waals surface area contributed by atoms with Gasteiger partial charge in [0.1, 0.15) is 18.1 Å². The van der Waals surface area contributed by atoms with Gasteiger partial charge in [0.15, 0.2) is 5.13 Å². The van der Waals surface area contributed by atoms with E-state index in [9.17, 15) is 4.79 Å². The van der Waals surface area contributed by atoms with Crippen molar-refractivity contribution >= 4 is 22.4 Å². The summed E-state index contributed by atoms with van der Waals surface area (Å²) in [5.41, 5.74) is 2.95. The van der Waals surface area contributed by atoms with Gasteiger partial charge in [-0.1, -0.05) is 18.2 Å². The average Bonchev–Trinajstić information content (AvgIpc) is 3.07. The minimum atomic E-state index is -0.214. The molecule has 0 fully saturated rings. The van der Waals surface area contributed by atoms with Crippen molar-refractivity contribution in [3.8, 4) is 22.8 Å². The molecule has 1 amide bonds. The second-order valence-electron chi connectivity index (χ2n) is 6.46. The molecule has 27 heavy (non-hydrogen) atoms. The molecule has 0 bridgehead atoms. The summed E-state index contributed by atoms with van der Waals surface area (Å²) in [6, 6.07) is 15.6. The SMILES string of the molecule is COc1ccc(-c2nc(NC(=O)C3COc4ccccc4C3)sc2C)cc1. The molecule has 0 radical (unpaired) electrons. The third-order valence-electron chi connectivity index (χ3n) is 4.64. The summed E-state index contributed by atoms with van der Waals surface area (Å²) in [6.07, 6.45) is 0.678. The predicted octanol–water partition coefficient (Wildman–Crippen LogP) is 4.32. The molecule has 6 heteroatoms. The van der Waals surface area contributed by atoms with Gasteiger partial charge in [-0.05, 0) is 49.2 Å². The molecular formula is C21H20N2O3S. The fraction of sp³-hybridized carbons (Fsp3) is 0.238. The maximum Gasteiger partial charge on any atom is 0.233 e. The third kappa shape index (κ3) is 3.66. The Morgan fingerprint density at radius 3 is 2.78 bits per heavy atom. The van der Waals surface area contributed by atoms with Crippen molar-refractivity contribution in [1.82, 2.24) is 4.98 Å². The van der Waals surface area contributed by atoms with E-state index in [1.165, 1.54) is 11.3 Å². The molecule has 1 aliphatic heterocycles. The van der Waals surface area contributed by atoms with Crippen LogP contribution in [0.4, 0.5) is 5.13 Å². The second kappa shape index (κ2) is 7.40. The molecule has 2 aromatic carbocycles. The molecule has 2 heterocycles. The van der Waals surface area contributed by atoms with Crippen LogP contribution in [0, 0.1) is 12.8 Å². The van der Waals surface area contributed by atoms with Crippen LogP contribution in [-0.4, -0.2) is 24.6 Å². The fourth-order valence-corrected chi connectivity index (χ4v) is 4.01. The van der Waals surface area contributed by atoms with Crippen molar-refractivity contribution in [3.05, 3.63) is 59.0 Å². The highest BCUT2D eigenvalue weighted by molar-refractivity contribution is 7.16. The van der Waals surface area contributed by atoms with E-state index >= 15 is 0 Å². The van der Waals surface area contributed by atoms with Gasteiger partial charge in [-0.3, -0.25) is 4.79 Å². The smallest absolute Gasteiger partial charge is 0.233 e. The first-order valence-electron chi connectivity index (χ1n) is 8.77. The lowest BCUT2D eigenvalue weighted by Crippen LogP contribution is -2.32. The molecule has 0 saturated carbocycles. The zero-order valence-electron chi connectivity index (χ0n) is 15.2. The number of aromatic nitrogens is 1. The van der Waals surface area contributed by atoms with Crippen LogP contribution in [0.5, 0.6) is 11.5 Å². The van der Waals surface area contributed by atoms with Crippen molar-refractivity contribution in [2.45, 2.75) is 13.3 Å². The molecule has 1 aliphatic rings. The maximum absolute atomic E-state index is 12.7. The number of amides is 1. The number of anilines is 1. The van der Waals surface area contributed by atoms with Crippen molar-refractivity contribution < 1.29 is 14.3 Å². The Kier molecular flexibility index (Phi) is 4.81. The Bertz CT molecular complexity index is 966. The van der Waals surface area contributed by atoms with E-state index in [2.05, 4.69) is 10.3 Å². The third-order valence-corrected chi connectivity index (χ3v) is 5.53. The summed E-state index contributed by atoms with van der Waals surface area (Å²) >= 11 is 1.48. The van der Waals surface area contributed by atoms with E-state index in [1.807, 2.05) is 55.5 Å². The van der Waals surface area contributed by atoms with Crippen LogP contribution in [0.1, 0.15) is 10.4 Å². The normalized spacial score (nSPS) is 15.6. The summed E-state index contributed by atoms with van der Waals surface area (Å²) in [5.74, 6) is 1.40. The summed E-state index contributed by atoms with van der Waals surface area (Å²) in [6.45, 7) is 2.39. The van der Waals surface area contributed by atoms with Crippen LogP contribution in [-0.2, 0) is 11.2 Å². The summed E-state index contributed by atoms with van der Waals surface area (Å²) in [5, 5.41) is 3.57. The van der Waals surface area contributed by atoms with Gasteiger partial charge in [-0.15, -0.1) is 11.3 Å². The summed E-state index contributed by atoms with van der Waals surface area (Å²) in [7, 11) is 1.64. The minimum absolute atomic E-state index is 0.0560. The van der Waals surface area contributed by atoms with Gasteiger partial charge < -0.3 is 14.8 Å². The maximum atomic E-state index is 12.7. The molecule has 1 atom stereocenters. The fourth-order valence-electron chi connectivity index (χ4n) is 3.17. The number of methoxy groups -OCH3 is 1. The van der Waals surface area contributed by atoms with Gasteiger partial charge in [0.25, 0.3) is 0 Å². The Labute approximate surface area is 162 Å². The molecular weight excluding hydrogens is 360 g/mol. The lowest BCUT2D eigenvalue weighted by atomic mass is 9.96. The van der Waals surface area contributed by atoms with Crippen LogP contribution in [0.25, 0.3) is 11.3 Å². The average molecular weight is 380 g/mol. The van der Waals surface area contributed by atoms with Gasteiger partial charge in [0, 0.05) is 10.4 Å². The number of hydrogen-bond acceptors (Lipinski definition) is 5. The number of carbonyl (C=O) groups is 1. The first kappa shape index (κ1) is 17.5. The van der Waals surface area contributed by atoms with E-state index in [4.69, 9.17) is 9.47 Å². The Morgan fingerprint density at radius 2 is 2.00 bits per heavy atom. The Morgan fingerprint density at radius 1 is 1.22 bits per heavy atom. The van der Waals surface area contributed by atoms with Crippen molar-refractivity contribution in [2.75, 3.05) is 19.0 Å². The second-order valence-corrected chi connectivity index (χ2v) is 7.66. The molecule has 3 aromatic rings. The van der Waals surface area contributed by atoms with Crippen LogP contribution in [0.2, 0.25) is 0 Å². The molecule has 0 aliphatic carbocycles. The molecule has 4 rings (SSSR count). The number of carbonyl (C=O) groups excluding carboxylic acids is 1. The molecule has 138 valence electrons. The lowest BCUT2D eigenvalue weighted by molar-refractivity contribution is -0.121. The number of rotatable bonds is 4. The number of nitrogens with one attached hydrogen (secondary N) is 1. The van der Waals surface area contributed by atoms with Gasteiger partial charge in [0.05, 0.1) is 18.7 Å². The highest BCUT2D eigenvalue weighted by Gasteiger charge is 2.26. The first-order chi connectivity index (χ1) is 13.1. The lowest BCUT2D eigenvalue weighted by Gasteiger charge is -2.24. The highest BCUT2D eigenvalue weighted by Crippen LogP contribution is 2.32. The standard InChI is InChI=1S/C21H20N2O3S/c1-13-19(14-7-9-17(25-2)10-8-14)22-21(27-13)23-20(24)16-11-15-5-3-4-6-18(15)26-12-16/h3-10,16H,11-12H2,1-2H3,(H,22,23,24). The minimum Gasteiger partial charge on any atom is -0.497 e. The number of nitrogens with zero attached hydrogens (tertiary/aromatic N) is 1. The van der Waals surface area contributed by atoms with Gasteiger partial charge in [-0.25, -0.2) is 4.98 Å². The Balaban J connectivity index is 1.48. The van der Waals surface area contributed by atoms with Crippen molar-refractivity contribution in [2.24, 2.45) is 5.92 Å². The monoisotopic (exact) mass is 380 g/mol. The van der Waals surface area contributed by atoms with E-state index in [1.54, 1.807) is 7.11 Å². The summed E-state index contributed by atoms with van der Waals surface area (Å²) in [4.78, 5) is 18.4. The molecule has 0 spiro atoms. The van der Waals surface area contributed by atoms with E-state index in [0.717, 1.165) is 33.2 Å². The van der Waals surface area contributed by atoms with Crippen LogP contribution in [0.3, 0.4) is 0 Å². The number of fused-ring (bicyclic) bond motifs is 1. The zero-order chi connectivity index (χ0) is 18.8. The van der Waals surface area contributed by atoms with Crippen molar-refractivity contribution in [3.63, 3.8) is 0 Å². The van der Waals surface area contributed by atoms with E-state index < -0.39 is 0 Å². The molecule has 0 saturated heterocycles. The first-order valence-corrected chi connectivity index (χ1v) is 9.59. The quantitative estimate of drug-likeness (QED) is 0.732. The molecule has 5 nitrogen and oxygen atoms in total. The number of ether oxygens (including phenoxy) is 2. The van der Waals surface area contributed by atoms with Crippen LogP contribution >= 0.6 is 11.3 Å². The van der Waals surface area contributed by atoms with E-state index in [-0.39, 0.29) is 11.8 Å².